The van der Waals surface area contributed by atoms with Gasteiger partial charge in [0.1, 0.15) is 0 Å². The Bertz CT molecular complexity index is 5100. The Balaban J connectivity index is 0.708. The van der Waals surface area contributed by atoms with Crippen molar-refractivity contribution in [2.24, 2.45) is 0 Å². The molecule has 0 bridgehead atoms. The third-order valence-electron chi connectivity index (χ3n) is 19.0. The van der Waals surface area contributed by atoms with Crippen molar-refractivity contribution in [1.29, 1.82) is 0 Å². The lowest BCUT2D eigenvalue weighted by atomic mass is 9.67. The van der Waals surface area contributed by atoms with Crippen LogP contribution in [0.4, 0.5) is 0 Å². The van der Waals surface area contributed by atoms with E-state index in [-0.39, 0.29) is 0 Å². The van der Waals surface area contributed by atoms with Crippen molar-refractivity contribution in [3.8, 4) is 113 Å². The molecule has 0 saturated carbocycles. The first kappa shape index (κ1) is 54.4. The Morgan fingerprint density at radius 2 is 0.447 bits per heavy atom. The molecule has 94 heavy (non-hydrogen) atoms. The van der Waals surface area contributed by atoms with Crippen LogP contribution in [0.3, 0.4) is 0 Å². The highest BCUT2D eigenvalue weighted by molar-refractivity contribution is 5.93. The fourth-order valence-electron chi connectivity index (χ4n) is 14.7. The molecule has 0 radical (unpaired) electrons. The monoisotopic (exact) mass is 1200 g/mol. The van der Waals surface area contributed by atoms with E-state index in [1.54, 1.807) is 0 Å². The van der Waals surface area contributed by atoms with Gasteiger partial charge in [-0.1, -0.05) is 255 Å². The van der Waals surface area contributed by atoms with Crippen molar-refractivity contribution in [1.82, 2.24) is 30.4 Å². The van der Waals surface area contributed by atoms with Crippen LogP contribution in [-0.4, -0.2) is 30.4 Å². The maximum absolute atomic E-state index is 6.40. The molecule has 0 N–H and O–H groups in total. The molecular formula is C86H54N6O2. The van der Waals surface area contributed by atoms with Crippen LogP contribution in [0.5, 0.6) is 0 Å². The molecule has 440 valence electrons. The Kier molecular flexibility index (Phi) is 12.8. The van der Waals surface area contributed by atoms with Crippen molar-refractivity contribution < 1.29 is 8.83 Å². The first-order valence-corrected chi connectivity index (χ1v) is 31.6. The molecule has 3 aromatic heterocycles. The van der Waals surface area contributed by atoms with Crippen LogP contribution in [0.15, 0.2) is 336 Å². The third-order valence-corrected chi connectivity index (χ3v) is 19.0. The summed E-state index contributed by atoms with van der Waals surface area (Å²) in [5, 5.41) is 18.1. The van der Waals surface area contributed by atoms with Gasteiger partial charge in [-0.05, 0) is 162 Å². The van der Waals surface area contributed by atoms with E-state index >= 15 is 0 Å². The lowest BCUT2D eigenvalue weighted by Gasteiger charge is -2.34. The van der Waals surface area contributed by atoms with E-state index in [1.165, 1.54) is 44.5 Å². The molecule has 3 heterocycles. The number of hydrogen-bond acceptors (Lipinski definition) is 8. The van der Waals surface area contributed by atoms with Crippen molar-refractivity contribution in [3.63, 3.8) is 0 Å². The smallest absolute Gasteiger partial charge is 0.248 e. The summed E-state index contributed by atoms with van der Waals surface area (Å²) in [5.41, 5.74) is 25.8. The summed E-state index contributed by atoms with van der Waals surface area (Å²) in [4.78, 5) is 10.8. The highest BCUT2D eigenvalue weighted by Crippen LogP contribution is 2.59. The van der Waals surface area contributed by atoms with Gasteiger partial charge >= 0.3 is 0 Å². The summed E-state index contributed by atoms with van der Waals surface area (Å²) in [6, 6.07) is 116. The van der Waals surface area contributed by atoms with Gasteiger partial charge in [-0.15, -0.1) is 20.4 Å². The van der Waals surface area contributed by atoms with Crippen molar-refractivity contribution in [2.45, 2.75) is 10.8 Å². The van der Waals surface area contributed by atoms with E-state index in [2.05, 4.69) is 263 Å². The number of para-hydroxylation sites is 2. The Morgan fingerprint density at radius 1 is 0.202 bits per heavy atom. The number of fused-ring (bicyclic) bond motifs is 7. The molecule has 13 aromatic carbocycles. The molecule has 18 rings (SSSR count). The molecule has 16 aromatic rings. The number of aromatic nitrogens is 6. The van der Waals surface area contributed by atoms with E-state index < -0.39 is 10.8 Å². The molecule has 0 amide bonds. The Labute approximate surface area is 542 Å². The predicted octanol–water partition coefficient (Wildman–Crippen LogP) is 20.5. The van der Waals surface area contributed by atoms with E-state index in [0.717, 1.165) is 100 Å². The van der Waals surface area contributed by atoms with Crippen LogP contribution in [0, 0.1) is 0 Å². The summed E-state index contributed by atoms with van der Waals surface area (Å²) in [6.07, 6.45) is 0. The fourth-order valence-corrected chi connectivity index (χ4v) is 14.7. The standard InChI is InChI=1S/C86H54N6O2/c1-7-21-59(22-8-1)81-89-91-83(93-81)63-45-49-71-69-47-43-61(51-73(69)85(75(71)53-63,65-25-11-3-12-26-65)66-27-13-4-14-28-66)55-35-39-57(40-36-55)79-80(88-78-34-20-19-33-77(78)87-79)58-41-37-56(38-42-58)62-44-48-70-72-50-46-64(84-92-90-82(94-84)60-23-9-2-10-24-60)54-76(72)86(74(70)52-62,67-29-15-5-16-30-67)68-31-17-6-18-32-68/h1-54H. The fraction of sp³-hybridized carbons (Fsp3) is 0.0233. The minimum atomic E-state index is -0.676. The topological polar surface area (TPSA) is 104 Å². The highest BCUT2D eigenvalue weighted by atomic mass is 16.4. The zero-order chi connectivity index (χ0) is 62.2. The Morgan fingerprint density at radius 3 is 0.766 bits per heavy atom. The van der Waals surface area contributed by atoms with E-state index in [4.69, 9.17) is 18.8 Å². The first-order valence-electron chi connectivity index (χ1n) is 31.6. The van der Waals surface area contributed by atoms with Gasteiger partial charge in [0.2, 0.25) is 23.6 Å². The van der Waals surface area contributed by atoms with Crippen LogP contribution in [0.2, 0.25) is 0 Å². The molecule has 8 nitrogen and oxygen atoms in total. The lowest BCUT2D eigenvalue weighted by molar-refractivity contribution is 0.584. The van der Waals surface area contributed by atoms with Crippen LogP contribution >= 0.6 is 0 Å². The average molecular weight is 1200 g/mol. The molecule has 0 aliphatic heterocycles. The first-order chi connectivity index (χ1) is 46.6. The molecule has 2 aliphatic carbocycles. The normalized spacial score (nSPS) is 13.1. The minimum Gasteiger partial charge on any atom is -0.416 e. The maximum atomic E-state index is 6.40. The SMILES string of the molecule is c1ccc(-c2nnc(-c3ccc4c(c3)C(c3ccccc3)(c3ccccc3)c3cc(-c5ccc(-c6nc7ccccc7nc6-c6ccc(-c7ccc8c(c7)C(c7ccccc7)(c7ccccc7)c7cc(-c9nnc(-c%10ccccc%10)o9)ccc7-8)cc6)cc5)ccc3-4)o2)cc1. The second kappa shape index (κ2) is 22.2. The molecule has 0 atom stereocenters. The van der Waals surface area contributed by atoms with Gasteiger partial charge in [-0.25, -0.2) is 9.97 Å². The van der Waals surface area contributed by atoms with Crippen molar-refractivity contribution >= 4 is 11.0 Å². The van der Waals surface area contributed by atoms with Crippen LogP contribution in [0.25, 0.3) is 124 Å². The van der Waals surface area contributed by atoms with Gasteiger partial charge in [0.25, 0.3) is 0 Å². The zero-order valence-electron chi connectivity index (χ0n) is 50.7. The maximum Gasteiger partial charge on any atom is 0.248 e. The van der Waals surface area contributed by atoms with Gasteiger partial charge in [-0.3, -0.25) is 0 Å². The van der Waals surface area contributed by atoms with Crippen LogP contribution in [-0.2, 0) is 10.8 Å². The second-order valence-electron chi connectivity index (χ2n) is 24.1. The minimum absolute atomic E-state index is 0.471. The van der Waals surface area contributed by atoms with Gasteiger partial charge in [-0.2, -0.15) is 0 Å². The molecule has 2 aliphatic rings. The van der Waals surface area contributed by atoms with Crippen LogP contribution in [0.1, 0.15) is 44.5 Å². The summed E-state index contributed by atoms with van der Waals surface area (Å²) in [6.45, 7) is 0. The largest absolute Gasteiger partial charge is 0.416 e. The van der Waals surface area contributed by atoms with E-state index in [9.17, 15) is 0 Å². The molecule has 0 saturated heterocycles. The summed E-state index contributed by atoms with van der Waals surface area (Å²) >= 11 is 0. The summed E-state index contributed by atoms with van der Waals surface area (Å²) < 4.78 is 12.8. The van der Waals surface area contributed by atoms with Gasteiger partial charge in [0.15, 0.2) is 0 Å². The number of rotatable bonds is 12. The number of benzene rings is 13. The summed E-state index contributed by atoms with van der Waals surface area (Å²) in [5.74, 6) is 1.91. The molecule has 8 heteroatoms. The molecule has 0 spiro atoms. The number of hydrogen-bond donors (Lipinski definition) is 0. The third kappa shape index (κ3) is 8.75. The lowest BCUT2D eigenvalue weighted by Crippen LogP contribution is -2.28. The van der Waals surface area contributed by atoms with Crippen LogP contribution < -0.4 is 0 Å². The van der Waals surface area contributed by atoms with E-state index in [0.29, 0.717) is 23.6 Å². The molecular weight excluding hydrogens is 1150 g/mol. The van der Waals surface area contributed by atoms with Crippen molar-refractivity contribution in [2.75, 3.05) is 0 Å². The quantitative estimate of drug-likeness (QED) is 0.119. The zero-order valence-corrected chi connectivity index (χ0v) is 50.7. The number of nitrogens with zero attached hydrogens (tertiary/aromatic N) is 6. The van der Waals surface area contributed by atoms with Gasteiger partial charge in [0.05, 0.1) is 33.3 Å². The van der Waals surface area contributed by atoms with Crippen molar-refractivity contribution in [3.05, 3.63) is 372 Å². The highest BCUT2D eigenvalue weighted by Gasteiger charge is 2.48. The second-order valence-corrected chi connectivity index (χ2v) is 24.1. The predicted molar refractivity (Wildman–Crippen MR) is 373 cm³/mol. The van der Waals surface area contributed by atoms with Gasteiger partial charge in [0, 0.05) is 33.4 Å². The van der Waals surface area contributed by atoms with E-state index in [1.807, 2.05) is 84.9 Å². The average Bonchev–Trinajstić information content (AvgIpc) is 1.53. The summed E-state index contributed by atoms with van der Waals surface area (Å²) in [7, 11) is 0. The molecule has 0 unspecified atom stereocenters. The Hall–Kier alpha value is -12.5. The molecule has 0 fully saturated rings. The van der Waals surface area contributed by atoms with Gasteiger partial charge < -0.3 is 8.83 Å².